The number of nitrogens with one attached hydrogen (secondary N) is 2. The van der Waals surface area contributed by atoms with Gasteiger partial charge in [0, 0.05) is 24.4 Å². The summed E-state index contributed by atoms with van der Waals surface area (Å²) in [6, 6.07) is 16.1. The molecule has 192 valence electrons. The predicted molar refractivity (Wildman–Crippen MR) is 144 cm³/mol. The summed E-state index contributed by atoms with van der Waals surface area (Å²) < 4.78 is 27.9. The summed E-state index contributed by atoms with van der Waals surface area (Å²) in [7, 11) is 0.0294. The van der Waals surface area contributed by atoms with Crippen LogP contribution in [0.1, 0.15) is 18.9 Å². The van der Waals surface area contributed by atoms with Gasteiger partial charge in [-0.15, -0.1) is 0 Å². The van der Waals surface area contributed by atoms with E-state index in [0.29, 0.717) is 0 Å². The summed E-state index contributed by atoms with van der Waals surface area (Å²) in [6.07, 6.45) is 8.72. The molecule has 37 heavy (non-hydrogen) atoms. The van der Waals surface area contributed by atoms with Crippen LogP contribution < -0.4 is 10.0 Å². The molecule has 0 radical (unpaired) electrons. The lowest BCUT2D eigenvalue weighted by Gasteiger charge is -2.43. The second-order valence-corrected chi connectivity index (χ2v) is 10.6. The number of anilines is 2. The van der Waals surface area contributed by atoms with Crippen molar-refractivity contribution in [1.29, 1.82) is 0 Å². The summed E-state index contributed by atoms with van der Waals surface area (Å²) in [5, 5.41) is 14.2. The fourth-order valence-electron chi connectivity index (χ4n) is 4.28. The zero-order valence-corrected chi connectivity index (χ0v) is 21.5. The van der Waals surface area contributed by atoms with Gasteiger partial charge in [-0.3, -0.25) is 19.7 Å². The third kappa shape index (κ3) is 5.68. The molecule has 1 heterocycles. The average Bonchev–Trinajstić information content (AvgIpc) is 2.89. The number of non-ortho nitro benzene ring substituents is 1. The van der Waals surface area contributed by atoms with E-state index in [2.05, 4.69) is 55.3 Å². The van der Waals surface area contributed by atoms with Crippen LogP contribution in [0.15, 0.2) is 90.0 Å². The molecule has 2 atom stereocenters. The molecule has 11 heteroatoms. The number of likely N-dealkylation sites (N-methyl/N-ethyl adjacent to an activating group) is 1. The third-order valence-corrected chi connectivity index (χ3v) is 7.86. The second-order valence-electron chi connectivity index (χ2n) is 8.94. The Hall–Kier alpha value is -4.09. The van der Waals surface area contributed by atoms with Crippen LogP contribution in [0, 0.1) is 10.1 Å². The van der Waals surface area contributed by atoms with Gasteiger partial charge >= 0.3 is 0 Å². The largest absolute Gasteiger partial charge is 0.350 e. The molecule has 0 bridgehead atoms. The summed E-state index contributed by atoms with van der Waals surface area (Å²) in [5.74, 6) is 0.344. The molecular weight excluding hydrogens is 492 g/mol. The number of benzene rings is 2. The van der Waals surface area contributed by atoms with E-state index in [-0.39, 0.29) is 33.9 Å². The number of aromatic nitrogens is 2. The summed E-state index contributed by atoms with van der Waals surface area (Å²) in [4.78, 5) is 20.9. The summed E-state index contributed by atoms with van der Waals surface area (Å²) in [6.45, 7) is 2.03. The van der Waals surface area contributed by atoms with Crippen LogP contribution in [0.2, 0.25) is 0 Å². The highest BCUT2D eigenvalue weighted by Crippen LogP contribution is 2.33. The van der Waals surface area contributed by atoms with E-state index in [4.69, 9.17) is 0 Å². The Labute approximate surface area is 216 Å². The Morgan fingerprint density at radius 1 is 1.08 bits per heavy atom. The monoisotopic (exact) mass is 520 g/mol. The highest BCUT2D eigenvalue weighted by atomic mass is 32.2. The van der Waals surface area contributed by atoms with Gasteiger partial charge in [-0.05, 0) is 56.8 Å². The van der Waals surface area contributed by atoms with E-state index in [1.54, 1.807) is 0 Å². The van der Waals surface area contributed by atoms with Gasteiger partial charge in [-0.25, -0.2) is 13.4 Å². The third-order valence-electron chi connectivity index (χ3n) is 6.49. The Morgan fingerprint density at radius 3 is 2.38 bits per heavy atom. The van der Waals surface area contributed by atoms with Crippen LogP contribution in [-0.2, 0) is 10.0 Å². The number of rotatable bonds is 9. The number of nitro benzene ring substituents is 1. The quantitative estimate of drug-likeness (QED) is 0.315. The Kier molecular flexibility index (Phi) is 7.37. The SMILES string of the molecule is CC(Nc1nccc(NS(=O)(=O)c2ccc([N+](=O)[O-])cc2)n1)C1(N(C)C)C=CC(c2ccccc2)=CC1. The molecule has 3 aromatic rings. The topological polar surface area (TPSA) is 130 Å². The number of sulfonamides is 1. The number of hydrogen-bond donors (Lipinski definition) is 2. The van der Waals surface area contributed by atoms with Crippen LogP contribution >= 0.6 is 0 Å². The van der Waals surface area contributed by atoms with Gasteiger partial charge in [0.1, 0.15) is 5.82 Å². The molecule has 4 rings (SSSR count). The molecule has 0 spiro atoms. The first-order valence-corrected chi connectivity index (χ1v) is 13.1. The van der Waals surface area contributed by atoms with E-state index in [1.807, 2.05) is 39.2 Å². The van der Waals surface area contributed by atoms with E-state index >= 15 is 0 Å². The van der Waals surface area contributed by atoms with Gasteiger partial charge < -0.3 is 5.32 Å². The van der Waals surface area contributed by atoms with E-state index in [1.165, 1.54) is 24.4 Å². The normalized spacial score (nSPS) is 18.2. The van der Waals surface area contributed by atoms with Crippen molar-refractivity contribution in [3.8, 4) is 0 Å². The van der Waals surface area contributed by atoms with E-state index in [0.717, 1.165) is 29.7 Å². The van der Waals surface area contributed by atoms with Crippen LogP contribution in [0.25, 0.3) is 5.57 Å². The summed E-state index contributed by atoms with van der Waals surface area (Å²) >= 11 is 0. The van der Waals surface area contributed by atoms with Gasteiger partial charge in [-0.1, -0.05) is 48.6 Å². The van der Waals surface area contributed by atoms with Crippen molar-refractivity contribution in [2.24, 2.45) is 0 Å². The Balaban J connectivity index is 1.50. The second kappa shape index (κ2) is 10.5. The molecule has 10 nitrogen and oxygen atoms in total. The Morgan fingerprint density at radius 2 is 1.78 bits per heavy atom. The van der Waals surface area contributed by atoms with Crippen LogP contribution in [0.4, 0.5) is 17.5 Å². The zero-order chi connectivity index (χ0) is 26.6. The minimum Gasteiger partial charge on any atom is -0.350 e. The molecule has 0 fully saturated rings. The zero-order valence-electron chi connectivity index (χ0n) is 20.7. The molecule has 0 saturated carbocycles. The highest BCUT2D eigenvalue weighted by molar-refractivity contribution is 7.92. The van der Waals surface area contributed by atoms with Crippen molar-refractivity contribution in [1.82, 2.24) is 14.9 Å². The van der Waals surface area contributed by atoms with Crippen molar-refractivity contribution in [3.05, 3.63) is 101 Å². The smallest absolute Gasteiger partial charge is 0.269 e. The molecule has 2 aromatic carbocycles. The minimum atomic E-state index is -4.00. The molecule has 1 aliphatic carbocycles. The van der Waals surface area contributed by atoms with Crippen molar-refractivity contribution in [3.63, 3.8) is 0 Å². The van der Waals surface area contributed by atoms with Crippen molar-refractivity contribution in [2.45, 2.75) is 29.8 Å². The number of allylic oxidation sites excluding steroid dienone is 2. The lowest BCUT2D eigenvalue weighted by Crippen LogP contribution is -2.54. The van der Waals surface area contributed by atoms with Crippen LogP contribution in [0.5, 0.6) is 0 Å². The van der Waals surface area contributed by atoms with Crippen molar-refractivity contribution >= 4 is 33.0 Å². The standard InChI is InChI=1S/C26H28N6O4S/c1-19(26(31(2)3)16-13-21(14-17-26)20-7-5-4-6-8-20)28-25-27-18-15-24(29-25)30-37(35,36)23-11-9-22(10-12-23)32(33)34/h4-16,18-19H,17H2,1-3H3,(H2,27,28,29,30). The predicted octanol–water partition coefficient (Wildman–Crippen LogP) is 4.33. The maximum absolute atomic E-state index is 12.8. The van der Waals surface area contributed by atoms with Gasteiger partial charge in [-0.2, -0.15) is 4.98 Å². The van der Waals surface area contributed by atoms with Crippen molar-refractivity contribution < 1.29 is 13.3 Å². The lowest BCUT2D eigenvalue weighted by molar-refractivity contribution is -0.384. The molecule has 0 saturated heterocycles. The van der Waals surface area contributed by atoms with E-state index < -0.39 is 14.9 Å². The number of hydrogen-bond acceptors (Lipinski definition) is 8. The van der Waals surface area contributed by atoms with Crippen LogP contribution in [0.3, 0.4) is 0 Å². The lowest BCUT2D eigenvalue weighted by atomic mass is 9.80. The molecule has 0 aliphatic heterocycles. The van der Waals surface area contributed by atoms with Gasteiger partial charge in [0.15, 0.2) is 0 Å². The molecule has 2 unspecified atom stereocenters. The first-order valence-electron chi connectivity index (χ1n) is 11.6. The maximum atomic E-state index is 12.8. The highest BCUT2D eigenvalue weighted by Gasteiger charge is 2.37. The molecule has 0 amide bonds. The first kappa shape index (κ1) is 26.0. The maximum Gasteiger partial charge on any atom is 0.269 e. The van der Waals surface area contributed by atoms with E-state index in [9.17, 15) is 18.5 Å². The number of nitrogens with zero attached hydrogens (tertiary/aromatic N) is 4. The number of nitro groups is 1. The van der Waals surface area contributed by atoms with Gasteiger partial charge in [0.25, 0.3) is 15.7 Å². The van der Waals surface area contributed by atoms with Gasteiger partial charge in [0.2, 0.25) is 5.95 Å². The first-order chi connectivity index (χ1) is 17.6. The summed E-state index contributed by atoms with van der Waals surface area (Å²) in [5.41, 5.74) is 1.75. The molecule has 1 aromatic heterocycles. The van der Waals surface area contributed by atoms with Crippen LogP contribution in [-0.4, -0.2) is 53.9 Å². The van der Waals surface area contributed by atoms with Crippen molar-refractivity contribution in [2.75, 3.05) is 24.1 Å². The molecule has 2 N–H and O–H groups in total. The molecule has 1 aliphatic rings. The molecular formula is C26H28N6O4S. The Bertz CT molecular complexity index is 1440. The fourth-order valence-corrected chi connectivity index (χ4v) is 5.28. The minimum absolute atomic E-state index is 0.0763. The average molecular weight is 521 g/mol. The fraction of sp³-hybridized carbons (Fsp3) is 0.231. The van der Waals surface area contributed by atoms with Gasteiger partial charge in [0.05, 0.1) is 15.4 Å².